The minimum atomic E-state index is -0.557. The summed E-state index contributed by atoms with van der Waals surface area (Å²) in [7, 11) is 0. The maximum Gasteiger partial charge on any atom is 0.230 e. The molecule has 5 nitrogen and oxygen atoms in total. The molecule has 1 aromatic rings. The number of hydrogen-bond acceptors (Lipinski definition) is 3. The molecule has 1 unspecified atom stereocenters. The number of nitrogens with zero attached hydrogens (tertiary/aromatic N) is 2. The molecule has 0 aliphatic carbocycles. The summed E-state index contributed by atoms with van der Waals surface area (Å²) in [4.78, 5) is 13.0. The number of carbonyl (C=O) groups is 1. The van der Waals surface area contributed by atoms with Gasteiger partial charge in [-0.05, 0) is 13.8 Å². The van der Waals surface area contributed by atoms with Crippen molar-refractivity contribution in [1.29, 1.82) is 0 Å². The third-order valence-corrected chi connectivity index (χ3v) is 2.59. The van der Waals surface area contributed by atoms with E-state index in [9.17, 15) is 9.90 Å². The van der Waals surface area contributed by atoms with E-state index in [4.69, 9.17) is 0 Å². The number of aliphatic hydroxyl groups is 1. The van der Waals surface area contributed by atoms with Crippen molar-refractivity contribution in [2.24, 2.45) is 0 Å². The van der Waals surface area contributed by atoms with Gasteiger partial charge in [-0.3, -0.25) is 14.8 Å². The summed E-state index contributed by atoms with van der Waals surface area (Å²) in [6.07, 6.45) is -0.357. The van der Waals surface area contributed by atoms with Gasteiger partial charge in [-0.1, -0.05) is 0 Å². The molecule has 5 heteroatoms. The number of amides is 1. The Kier molecular flexibility index (Phi) is 2.03. The monoisotopic (exact) mass is 195 g/mol. The molecule has 2 N–H and O–H groups in total. The lowest BCUT2D eigenvalue weighted by Gasteiger charge is -2.12. The summed E-state index contributed by atoms with van der Waals surface area (Å²) >= 11 is 0. The highest BCUT2D eigenvalue weighted by molar-refractivity contribution is 5.95. The Morgan fingerprint density at radius 1 is 1.57 bits per heavy atom. The van der Waals surface area contributed by atoms with Crippen LogP contribution >= 0.6 is 0 Å². The van der Waals surface area contributed by atoms with E-state index < -0.39 is 6.10 Å². The SMILES string of the molecule is Cc1[nH]nc(N2CC(O)CC2=O)c1C. The second kappa shape index (κ2) is 3.09. The summed E-state index contributed by atoms with van der Waals surface area (Å²) in [5.74, 6) is 0.580. The molecule has 0 aromatic carbocycles. The van der Waals surface area contributed by atoms with E-state index in [0.29, 0.717) is 12.4 Å². The topological polar surface area (TPSA) is 69.2 Å². The average molecular weight is 195 g/mol. The Labute approximate surface area is 81.7 Å². The predicted molar refractivity (Wildman–Crippen MR) is 51.0 cm³/mol. The number of β-amino-alcohol motifs (C(OH)–C–C–N with tert-alkyl or cyclic N) is 1. The summed E-state index contributed by atoms with van der Waals surface area (Å²) in [5.41, 5.74) is 1.92. The van der Waals surface area contributed by atoms with E-state index in [0.717, 1.165) is 11.3 Å². The van der Waals surface area contributed by atoms with E-state index in [1.165, 1.54) is 4.90 Å². The fourth-order valence-electron chi connectivity index (χ4n) is 1.63. The molecule has 1 aliphatic heterocycles. The molecule has 0 saturated carbocycles. The number of anilines is 1. The van der Waals surface area contributed by atoms with Gasteiger partial charge < -0.3 is 5.11 Å². The molecule has 2 rings (SSSR count). The van der Waals surface area contributed by atoms with Crippen LogP contribution in [-0.4, -0.2) is 33.9 Å². The van der Waals surface area contributed by atoms with Crippen molar-refractivity contribution in [3.8, 4) is 0 Å². The van der Waals surface area contributed by atoms with Crippen LogP contribution in [0.5, 0.6) is 0 Å². The van der Waals surface area contributed by atoms with E-state index in [1.807, 2.05) is 13.8 Å². The molecule has 1 aliphatic rings. The number of aryl methyl sites for hydroxylation is 1. The van der Waals surface area contributed by atoms with E-state index in [-0.39, 0.29) is 12.3 Å². The van der Waals surface area contributed by atoms with Crippen molar-refractivity contribution in [3.05, 3.63) is 11.3 Å². The van der Waals surface area contributed by atoms with Crippen LogP contribution in [-0.2, 0) is 4.79 Å². The maximum atomic E-state index is 11.5. The fraction of sp³-hybridized carbons (Fsp3) is 0.556. The van der Waals surface area contributed by atoms with Crippen LogP contribution in [0.4, 0.5) is 5.82 Å². The first kappa shape index (κ1) is 9.21. The number of aromatic amines is 1. The Balaban J connectivity index is 2.32. The minimum absolute atomic E-state index is 0.0629. The second-order valence-corrected chi connectivity index (χ2v) is 3.66. The summed E-state index contributed by atoms with van der Waals surface area (Å²) in [6.45, 7) is 4.17. The van der Waals surface area contributed by atoms with Gasteiger partial charge in [0.05, 0.1) is 19.1 Å². The lowest BCUT2D eigenvalue weighted by Crippen LogP contribution is -2.26. The zero-order chi connectivity index (χ0) is 10.3. The molecule has 0 spiro atoms. The molecule has 1 aromatic heterocycles. The second-order valence-electron chi connectivity index (χ2n) is 3.66. The van der Waals surface area contributed by atoms with Crippen LogP contribution in [0.1, 0.15) is 17.7 Å². The first-order chi connectivity index (χ1) is 6.59. The van der Waals surface area contributed by atoms with Gasteiger partial charge in [0.1, 0.15) is 0 Å². The Bertz CT molecular complexity index is 372. The Morgan fingerprint density at radius 3 is 2.71 bits per heavy atom. The Morgan fingerprint density at radius 2 is 2.29 bits per heavy atom. The lowest BCUT2D eigenvalue weighted by atomic mass is 10.2. The van der Waals surface area contributed by atoms with Crippen LogP contribution in [0.15, 0.2) is 0 Å². The van der Waals surface area contributed by atoms with Crippen LogP contribution in [0.25, 0.3) is 0 Å². The maximum absolute atomic E-state index is 11.5. The van der Waals surface area contributed by atoms with E-state index in [1.54, 1.807) is 0 Å². The zero-order valence-corrected chi connectivity index (χ0v) is 8.24. The number of hydrogen-bond donors (Lipinski definition) is 2. The third kappa shape index (κ3) is 1.29. The quantitative estimate of drug-likeness (QED) is 0.669. The van der Waals surface area contributed by atoms with E-state index >= 15 is 0 Å². The van der Waals surface area contributed by atoms with Gasteiger partial charge in [-0.15, -0.1) is 0 Å². The number of H-pyrrole nitrogens is 1. The van der Waals surface area contributed by atoms with Crippen molar-refractivity contribution >= 4 is 11.7 Å². The van der Waals surface area contributed by atoms with Crippen LogP contribution < -0.4 is 4.90 Å². The van der Waals surface area contributed by atoms with Gasteiger partial charge >= 0.3 is 0 Å². The van der Waals surface area contributed by atoms with Crippen LogP contribution in [0, 0.1) is 13.8 Å². The lowest BCUT2D eigenvalue weighted by molar-refractivity contribution is -0.117. The predicted octanol–water partition coefficient (Wildman–Crippen LogP) is 0.124. The number of aromatic nitrogens is 2. The van der Waals surface area contributed by atoms with Crippen molar-refractivity contribution in [3.63, 3.8) is 0 Å². The molecule has 14 heavy (non-hydrogen) atoms. The van der Waals surface area contributed by atoms with Gasteiger partial charge in [-0.25, -0.2) is 0 Å². The van der Waals surface area contributed by atoms with Gasteiger partial charge in [0.25, 0.3) is 0 Å². The molecule has 1 atom stereocenters. The Hall–Kier alpha value is -1.36. The van der Waals surface area contributed by atoms with E-state index in [2.05, 4.69) is 10.2 Å². The highest BCUT2D eigenvalue weighted by Crippen LogP contribution is 2.24. The molecule has 1 saturated heterocycles. The van der Waals surface area contributed by atoms with Gasteiger partial charge in [0.15, 0.2) is 5.82 Å². The normalized spacial score (nSPS) is 22.1. The van der Waals surface area contributed by atoms with Crippen molar-refractivity contribution < 1.29 is 9.90 Å². The number of carbonyl (C=O) groups excluding carboxylic acids is 1. The molecule has 76 valence electrons. The third-order valence-electron chi connectivity index (χ3n) is 2.59. The smallest absolute Gasteiger partial charge is 0.230 e. The highest BCUT2D eigenvalue weighted by atomic mass is 16.3. The number of rotatable bonds is 1. The summed E-state index contributed by atoms with van der Waals surface area (Å²) < 4.78 is 0. The van der Waals surface area contributed by atoms with Crippen molar-refractivity contribution in [1.82, 2.24) is 10.2 Å². The average Bonchev–Trinajstić information content (AvgIpc) is 2.59. The summed E-state index contributed by atoms with van der Waals surface area (Å²) in [5, 5.41) is 16.2. The van der Waals surface area contributed by atoms with Gasteiger partial charge in [0, 0.05) is 11.3 Å². The number of nitrogens with one attached hydrogen (secondary N) is 1. The highest BCUT2D eigenvalue weighted by Gasteiger charge is 2.31. The molecule has 1 amide bonds. The molecule has 2 heterocycles. The van der Waals surface area contributed by atoms with Crippen LogP contribution in [0.3, 0.4) is 0 Å². The van der Waals surface area contributed by atoms with Gasteiger partial charge in [0.2, 0.25) is 5.91 Å². The van der Waals surface area contributed by atoms with Gasteiger partial charge in [-0.2, -0.15) is 5.10 Å². The molecule has 0 bridgehead atoms. The standard InChI is InChI=1S/C9H13N3O2/c1-5-6(2)10-11-9(5)12-4-7(13)3-8(12)14/h7,13H,3-4H2,1-2H3,(H,10,11). The fourth-order valence-corrected chi connectivity index (χ4v) is 1.63. The first-order valence-electron chi connectivity index (χ1n) is 4.59. The first-order valence-corrected chi connectivity index (χ1v) is 4.59. The zero-order valence-electron chi connectivity index (χ0n) is 8.24. The molecular weight excluding hydrogens is 182 g/mol. The molecule has 1 fully saturated rings. The minimum Gasteiger partial charge on any atom is -0.391 e. The van der Waals surface area contributed by atoms with Crippen molar-refractivity contribution in [2.45, 2.75) is 26.4 Å². The van der Waals surface area contributed by atoms with Crippen LogP contribution in [0.2, 0.25) is 0 Å². The molecule has 0 radical (unpaired) electrons. The largest absolute Gasteiger partial charge is 0.391 e. The molecular formula is C9H13N3O2. The number of aliphatic hydroxyl groups excluding tert-OH is 1. The summed E-state index contributed by atoms with van der Waals surface area (Å²) in [6, 6.07) is 0. The van der Waals surface area contributed by atoms with Crippen molar-refractivity contribution in [2.75, 3.05) is 11.4 Å².